The maximum atomic E-state index is 5.99. The second-order valence-electron chi connectivity index (χ2n) is 4.58. The van der Waals surface area contributed by atoms with Gasteiger partial charge >= 0.3 is 0 Å². The molecule has 0 atom stereocenters. The fraction of sp³-hybridized carbons (Fsp3) is 0.308. The minimum Gasteiger partial charge on any atom is -0.311 e. The Morgan fingerprint density at radius 2 is 2.20 bits per heavy atom. The highest BCUT2D eigenvalue weighted by Crippen LogP contribution is 2.20. The van der Waals surface area contributed by atoms with Crippen molar-refractivity contribution in [3.63, 3.8) is 0 Å². The van der Waals surface area contributed by atoms with Crippen molar-refractivity contribution in [1.29, 1.82) is 0 Å². The number of rotatable bonds is 4. The number of hydrogen-bond donors (Lipinski definition) is 0. The van der Waals surface area contributed by atoms with Crippen molar-refractivity contribution >= 4 is 38.7 Å². The van der Waals surface area contributed by atoms with E-state index in [2.05, 4.69) is 35.6 Å². The first kappa shape index (κ1) is 13.6. The summed E-state index contributed by atoms with van der Waals surface area (Å²) in [5, 5.41) is 4.18. The van der Waals surface area contributed by atoms with Gasteiger partial charge in [0.1, 0.15) is 11.3 Å². The Hall–Kier alpha value is -1.40. The number of pyridine rings is 1. The Bertz CT molecular complexity index is 748. The molecule has 0 bridgehead atoms. The minimum atomic E-state index is 0.376. The SMILES string of the molecule is Cn1cc(CCn2c(CCl)nc3cc(Br)cnc32)cn1. The van der Waals surface area contributed by atoms with E-state index in [0.29, 0.717) is 5.88 Å². The molecule has 0 saturated carbocycles. The summed E-state index contributed by atoms with van der Waals surface area (Å²) in [4.78, 5) is 8.97. The van der Waals surface area contributed by atoms with Gasteiger partial charge < -0.3 is 4.57 Å². The first-order chi connectivity index (χ1) is 9.67. The molecule has 3 aromatic rings. The number of hydrogen-bond acceptors (Lipinski definition) is 3. The van der Waals surface area contributed by atoms with E-state index in [0.717, 1.165) is 34.4 Å². The van der Waals surface area contributed by atoms with Gasteiger partial charge in [0, 0.05) is 30.5 Å². The first-order valence-corrected chi connectivity index (χ1v) is 7.54. The van der Waals surface area contributed by atoms with Crippen LogP contribution in [0.2, 0.25) is 0 Å². The van der Waals surface area contributed by atoms with Gasteiger partial charge in [-0.15, -0.1) is 11.6 Å². The molecule has 0 unspecified atom stereocenters. The normalized spacial score (nSPS) is 11.3. The largest absolute Gasteiger partial charge is 0.311 e. The predicted octanol–water partition coefficient (Wildman–Crippen LogP) is 2.91. The average Bonchev–Trinajstić information content (AvgIpc) is 2.99. The number of halogens is 2. The van der Waals surface area contributed by atoms with Gasteiger partial charge in [-0.25, -0.2) is 9.97 Å². The summed E-state index contributed by atoms with van der Waals surface area (Å²) in [6.07, 6.45) is 6.55. The van der Waals surface area contributed by atoms with Gasteiger partial charge in [-0.2, -0.15) is 5.10 Å². The third kappa shape index (κ3) is 2.58. The second-order valence-corrected chi connectivity index (χ2v) is 5.76. The van der Waals surface area contributed by atoms with E-state index in [9.17, 15) is 0 Å². The van der Waals surface area contributed by atoms with Crippen LogP contribution in [0.15, 0.2) is 29.1 Å². The fourth-order valence-electron chi connectivity index (χ4n) is 2.21. The number of alkyl halides is 1. The van der Waals surface area contributed by atoms with Crippen molar-refractivity contribution in [1.82, 2.24) is 24.3 Å². The van der Waals surface area contributed by atoms with Crippen molar-refractivity contribution < 1.29 is 0 Å². The van der Waals surface area contributed by atoms with Crippen LogP contribution in [0.1, 0.15) is 11.4 Å². The molecule has 0 aromatic carbocycles. The van der Waals surface area contributed by atoms with Crippen LogP contribution in [0.5, 0.6) is 0 Å². The number of fused-ring (bicyclic) bond motifs is 1. The molecule has 0 N–H and O–H groups in total. The molecule has 20 heavy (non-hydrogen) atoms. The van der Waals surface area contributed by atoms with Crippen LogP contribution in [-0.2, 0) is 25.9 Å². The highest BCUT2D eigenvalue weighted by Gasteiger charge is 2.11. The van der Waals surface area contributed by atoms with E-state index >= 15 is 0 Å². The Kier molecular flexibility index (Phi) is 3.76. The molecule has 5 nitrogen and oxygen atoms in total. The highest BCUT2D eigenvalue weighted by atomic mass is 79.9. The molecule has 3 heterocycles. The lowest BCUT2D eigenvalue weighted by Crippen LogP contribution is -2.05. The quantitative estimate of drug-likeness (QED) is 0.677. The summed E-state index contributed by atoms with van der Waals surface area (Å²) in [5.74, 6) is 1.22. The smallest absolute Gasteiger partial charge is 0.160 e. The number of aromatic nitrogens is 5. The van der Waals surface area contributed by atoms with Crippen molar-refractivity contribution in [2.45, 2.75) is 18.8 Å². The monoisotopic (exact) mass is 353 g/mol. The Labute approximate surface area is 129 Å². The molecule has 3 rings (SSSR count). The van der Waals surface area contributed by atoms with Crippen LogP contribution in [0, 0.1) is 0 Å². The molecule has 7 heteroatoms. The summed E-state index contributed by atoms with van der Waals surface area (Å²) in [5.41, 5.74) is 2.92. The van der Waals surface area contributed by atoms with Gasteiger partial charge in [-0.05, 0) is 34.0 Å². The molecule has 3 aromatic heterocycles. The molecule has 0 aliphatic rings. The summed E-state index contributed by atoms with van der Waals surface area (Å²) >= 11 is 9.40. The van der Waals surface area contributed by atoms with E-state index in [1.54, 1.807) is 10.9 Å². The summed E-state index contributed by atoms with van der Waals surface area (Å²) < 4.78 is 4.80. The maximum absolute atomic E-state index is 5.99. The first-order valence-electron chi connectivity index (χ1n) is 6.21. The third-order valence-electron chi connectivity index (χ3n) is 3.13. The lowest BCUT2D eigenvalue weighted by Gasteiger charge is -2.05. The molecule has 0 fully saturated rings. The van der Waals surface area contributed by atoms with E-state index in [4.69, 9.17) is 11.6 Å². The fourth-order valence-corrected chi connectivity index (χ4v) is 2.74. The van der Waals surface area contributed by atoms with Crippen LogP contribution in [0.25, 0.3) is 11.2 Å². The van der Waals surface area contributed by atoms with E-state index < -0.39 is 0 Å². The molecule has 0 aliphatic carbocycles. The van der Waals surface area contributed by atoms with Crippen LogP contribution in [-0.4, -0.2) is 24.3 Å². The summed E-state index contributed by atoms with van der Waals surface area (Å²) in [6.45, 7) is 0.791. The highest BCUT2D eigenvalue weighted by molar-refractivity contribution is 9.10. The molecular formula is C13H13BrClN5. The number of imidazole rings is 1. The van der Waals surface area contributed by atoms with Gasteiger partial charge in [0.15, 0.2) is 5.65 Å². The Morgan fingerprint density at radius 3 is 2.90 bits per heavy atom. The zero-order valence-electron chi connectivity index (χ0n) is 10.9. The molecule has 104 valence electrons. The van der Waals surface area contributed by atoms with Crippen molar-refractivity contribution in [3.8, 4) is 0 Å². The van der Waals surface area contributed by atoms with Gasteiger partial charge in [0.05, 0.1) is 12.1 Å². The van der Waals surface area contributed by atoms with E-state index in [1.165, 1.54) is 5.56 Å². The molecule has 0 spiro atoms. The molecule has 0 saturated heterocycles. The Morgan fingerprint density at radius 1 is 1.35 bits per heavy atom. The topological polar surface area (TPSA) is 48.5 Å². The number of nitrogens with zero attached hydrogens (tertiary/aromatic N) is 5. The molecule has 0 aliphatic heterocycles. The Balaban J connectivity index is 1.93. The van der Waals surface area contributed by atoms with Gasteiger partial charge in [0.2, 0.25) is 0 Å². The summed E-state index contributed by atoms with van der Waals surface area (Å²) in [6, 6.07) is 1.96. The second kappa shape index (κ2) is 5.54. The third-order valence-corrected chi connectivity index (χ3v) is 3.81. The van der Waals surface area contributed by atoms with Crippen LogP contribution < -0.4 is 0 Å². The predicted molar refractivity (Wildman–Crippen MR) is 81.7 cm³/mol. The van der Waals surface area contributed by atoms with E-state index in [1.807, 2.05) is 25.5 Å². The summed E-state index contributed by atoms with van der Waals surface area (Å²) in [7, 11) is 1.92. The number of aryl methyl sites for hydroxylation is 3. The van der Waals surface area contributed by atoms with Crippen LogP contribution >= 0.6 is 27.5 Å². The maximum Gasteiger partial charge on any atom is 0.160 e. The van der Waals surface area contributed by atoms with Gasteiger partial charge in [-0.3, -0.25) is 4.68 Å². The van der Waals surface area contributed by atoms with Gasteiger partial charge in [0.25, 0.3) is 0 Å². The minimum absolute atomic E-state index is 0.376. The van der Waals surface area contributed by atoms with Crippen molar-refractivity contribution in [2.24, 2.45) is 7.05 Å². The van der Waals surface area contributed by atoms with Crippen LogP contribution in [0.3, 0.4) is 0 Å². The lowest BCUT2D eigenvalue weighted by molar-refractivity contribution is 0.681. The van der Waals surface area contributed by atoms with E-state index in [-0.39, 0.29) is 0 Å². The zero-order chi connectivity index (χ0) is 14.1. The molecule has 0 amide bonds. The molecular weight excluding hydrogens is 342 g/mol. The average molecular weight is 355 g/mol. The van der Waals surface area contributed by atoms with Crippen molar-refractivity contribution in [2.75, 3.05) is 0 Å². The standard InChI is InChI=1S/C13H13BrClN5/c1-19-8-9(6-17-19)2-3-20-12(5-15)18-11-4-10(14)7-16-13(11)20/h4,6-8H,2-3,5H2,1H3. The van der Waals surface area contributed by atoms with Gasteiger partial charge in [-0.1, -0.05) is 0 Å². The van der Waals surface area contributed by atoms with Crippen molar-refractivity contribution in [3.05, 3.63) is 40.5 Å². The van der Waals surface area contributed by atoms with Crippen LogP contribution in [0.4, 0.5) is 0 Å². The lowest BCUT2D eigenvalue weighted by atomic mass is 10.2. The zero-order valence-corrected chi connectivity index (χ0v) is 13.3. The molecule has 0 radical (unpaired) electrons.